The van der Waals surface area contributed by atoms with E-state index in [1.807, 2.05) is 0 Å². The summed E-state index contributed by atoms with van der Waals surface area (Å²) in [5.41, 5.74) is 0. The molecular formula is C24H47N. The summed E-state index contributed by atoms with van der Waals surface area (Å²) in [7, 11) is 0. The molecule has 0 aromatic carbocycles. The Morgan fingerprint density at radius 1 is 0.720 bits per heavy atom. The third-order valence-corrected chi connectivity index (χ3v) is 7.84. The van der Waals surface area contributed by atoms with Crippen molar-refractivity contribution in [1.82, 2.24) is 4.90 Å². The molecule has 1 nitrogen and oxygen atoms in total. The lowest BCUT2D eigenvalue weighted by atomic mass is 9.69. The maximum Gasteiger partial charge on any atom is 0.0134 e. The molecule has 0 radical (unpaired) electrons. The van der Waals surface area contributed by atoms with Gasteiger partial charge in [-0.1, -0.05) is 61.3 Å². The maximum atomic E-state index is 3.08. The molecule has 2 aliphatic rings. The molecule has 2 fully saturated rings. The first-order chi connectivity index (χ1) is 11.8. The average molecular weight is 350 g/mol. The van der Waals surface area contributed by atoms with E-state index in [9.17, 15) is 0 Å². The van der Waals surface area contributed by atoms with E-state index < -0.39 is 0 Å². The highest BCUT2D eigenvalue weighted by atomic mass is 15.2. The Hall–Kier alpha value is -0.0400. The highest BCUT2D eigenvalue weighted by Gasteiger charge is 2.43. The number of hydrogen-bond acceptors (Lipinski definition) is 1. The smallest absolute Gasteiger partial charge is 0.0134 e. The number of nitrogens with zero attached hydrogens (tertiary/aromatic N) is 1. The van der Waals surface area contributed by atoms with Crippen LogP contribution >= 0.6 is 0 Å². The third kappa shape index (κ3) is 5.02. The van der Waals surface area contributed by atoms with Crippen LogP contribution in [0.2, 0.25) is 0 Å². The van der Waals surface area contributed by atoms with Crippen LogP contribution in [-0.2, 0) is 0 Å². The minimum Gasteiger partial charge on any atom is -0.294 e. The van der Waals surface area contributed by atoms with Gasteiger partial charge in [-0.2, -0.15) is 0 Å². The van der Waals surface area contributed by atoms with Crippen molar-refractivity contribution in [1.29, 1.82) is 0 Å². The van der Waals surface area contributed by atoms with Crippen LogP contribution in [-0.4, -0.2) is 23.0 Å². The van der Waals surface area contributed by atoms with Crippen molar-refractivity contribution in [2.24, 2.45) is 35.5 Å². The van der Waals surface area contributed by atoms with Gasteiger partial charge in [-0.3, -0.25) is 4.90 Å². The zero-order valence-corrected chi connectivity index (χ0v) is 18.6. The normalized spacial score (nSPS) is 38.5. The van der Waals surface area contributed by atoms with Crippen LogP contribution in [0.3, 0.4) is 0 Å². The molecule has 148 valence electrons. The predicted octanol–water partition coefficient (Wildman–Crippen LogP) is 7.01. The molecule has 0 heterocycles. The van der Waals surface area contributed by atoms with E-state index in [1.165, 1.54) is 44.9 Å². The van der Waals surface area contributed by atoms with Crippen LogP contribution in [0.15, 0.2) is 0 Å². The lowest BCUT2D eigenvalue weighted by Gasteiger charge is -2.54. The van der Waals surface area contributed by atoms with Gasteiger partial charge in [0, 0.05) is 18.1 Å². The molecule has 0 aromatic heterocycles. The van der Waals surface area contributed by atoms with Gasteiger partial charge >= 0.3 is 0 Å². The van der Waals surface area contributed by atoms with Gasteiger partial charge in [-0.05, 0) is 74.5 Å². The van der Waals surface area contributed by atoms with Gasteiger partial charge in [0.1, 0.15) is 0 Å². The monoisotopic (exact) mass is 349 g/mol. The van der Waals surface area contributed by atoms with Crippen molar-refractivity contribution in [2.75, 3.05) is 0 Å². The SMILES string of the molecule is CCC(C)N(C1CC(C)CCC1C(C)C)C1CC(C)CCC1C(C)C. The summed E-state index contributed by atoms with van der Waals surface area (Å²) < 4.78 is 0. The van der Waals surface area contributed by atoms with Gasteiger partial charge in [0.05, 0.1) is 0 Å². The predicted molar refractivity (Wildman–Crippen MR) is 112 cm³/mol. The fourth-order valence-corrected chi connectivity index (χ4v) is 6.10. The van der Waals surface area contributed by atoms with E-state index in [0.29, 0.717) is 0 Å². The van der Waals surface area contributed by atoms with Crippen molar-refractivity contribution < 1.29 is 0 Å². The Kier molecular flexibility index (Phi) is 7.86. The van der Waals surface area contributed by atoms with E-state index in [0.717, 1.165) is 53.6 Å². The summed E-state index contributed by atoms with van der Waals surface area (Å²) in [5, 5.41) is 0. The first-order valence-corrected chi connectivity index (χ1v) is 11.5. The molecule has 0 saturated heterocycles. The van der Waals surface area contributed by atoms with Crippen LogP contribution < -0.4 is 0 Å². The van der Waals surface area contributed by atoms with Gasteiger partial charge in [0.2, 0.25) is 0 Å². The Labute approximate surface area is 159 Å². The molecule has 0 bridgehead atoms. The van der Waals surface area contributed by atoms with Crippen LogP contribution in [0.5, 0.6) is 0 Å². The zero-order chi connectivity index (χ0) is 18.7. The van der Waals surface area contributed by atoms with Gasteiger partial charge < -0.3 is 0 Å². The molecule has 0 aromatic rings. The average Bonchev–Trinajstić information content (AvgIpc) is 2.54. The topological polar surface area (TPSA) is 3.24 Å². The minimum atomic E-state index is 0.730. The van der Waals surface area contributed by atoms with Crippen LogP contribution in [0, 0.1) is 35.5 Å². The van der Waals surface area contributed by atoms with E-state index in [1.54, 1.807) is 0 Å². The molecule has 2 aliphatic carbocycles. The van der Waals surface area contributed by atoms with Crippen molar-refractivity contribution >= 4 is 0 Å². The largest absolute Gasteiger partial charge is 0.294 e. The highest BCUT2D eigenvalue weighted by molar-refractivity contribution is 4.96. The van der Waals surface area contributed by atoms with Crippen molar-refractivity contribution in [3.05, 3.63) is 0 Å². The van der Waals surface area contributed by atoms with Gasteiger partial charge in [0.25, 0.3) is 0 Å². The highest BCUT2D eigenvalue weighted by Crippen LogP contribution is 2.44. The first kappa shape index (κ1) is 21.3. The first-order valence-electron chi connectivity index (χ1n) is 11.5. The lowest BCUT2D eigenvalue weighted by molar-refractivity contribution is -0.0461. The van der Waals surface area contributed by atoms with E-state index in [-0.39, 0.29) is 0 Å². The molecule has 0 aliphatic heterocycles. The minimum absolute atomic E-state index is 0.730. The van der Waals surface area contributed by atoms with E-state index >= 15 is 0 Å². The second-order valence-corrected chi connectivity index (χ2v) is 10.5. The quantitative estimate of drug-likeness (QED) is 0.498. The standard InChI is InChI=1S/C24H47N/c1-9-20(8)25(23-14-18(6)10-12-21(23)16(2)3)24-15-19(7)11-13-22(24)17(4)5/h16-24H,9-15H2,1-8H3. The van der Waals surface area contributed by atoms with Crippen molar-refractivity contribution in [3.8, 4) is 0 Å². The van der Waals surface area contributed by atoms with Crippen molar-refractivity contribution in [2.45, 2.75) is 118 Å². The number of hydrogen-bond donors (Lipinski definition) is 0. The second-order valence-electron chi connectivity index (χ2n) is 10.5. The fourth-order valence-electron chi connectivity index (χ4n) is 6.10. The Morgan fingerprint density at radius 3 is 1.44 bits per heavy atom. The summed E-state index contributed by atoms with van der Waals surface area (Å²) in [4.78, 5) is 3.08. The molecule has 1 heteroatoms. The van der Waals surface area contributed by atoms with Crippen LogP contribution in [0.25, 0.3) is 0 Å². The Bertz CT molecular complexity index is 356. The van der Waals surface area contributed by atoms with E-state index in [4.69, 9.17) is 0 Å². The Balaban J connectivity index is 2.35. The zero-order valence-electron chi connectivity index (χ0n) is 18.6. The summed E-state index contributed by atoms with van der Waals surface area (Å²) in [5.74, 6) is 5.26. The summed E-state index contributed by atoms with van der Waals surface area (Å²) in [6.45, 7) is 19.8. The van der Waals surface area contributed by atoms with Gasteiger partial charge in [-0.15, -0.1) is 0 Å². The summed E-state index contributed by atoms with van der Waals surface area (Å²) >= 11 is 0. The molecule has 2 rings (SSSR count). The summed E-state index contributed by atoms with van der Waals surface area (Å²) in [6, 6.07) is 2.36. The number of rotatable bonds is 6. The van der Waals surface area contributed by atoms with E-state index in [2.05, 4.69) is 60.3 Å². The van der Waals surface area contributed by atoms with Crippen LogP contribution in [0.1, 0.15) is 100 Å². The molecule has 7 atom stereocenters. The van der Waals surface area contributed by atoms with Crippen molar-refractivity contribution in [3.63, 3.8) is 0 Å². The second kappa shape index (κ2) is 9.25. The molecule has 7 unspecified atom stereocenters. The lowest BCUT2D eigenvalue weighted by Crippen LogP contribution is -2.58. The van der Waals surface area contributed by atoms with Crippen LogP contribution in [0.4, 0.5) is 0 Å². The van der Waals surface area contributed by atoms with Gasteiger partial charge in [-0.25, -0.2) is 0 Å². The third-order valence-electron chi connectivity index (χ3n) is 7.84. The molecule has 2 saturated carbocycles. The maximum absolute atomic E-state index is 3.08. The molecule has 0 N–H and O–H groups in total. The van der Waals surface area contributed by atoms with Gasteiger partial charge in [0.15, 0.2) is 0 Å². The molecule has 0 spiro atoms. The Morgan fingerprint density at radius 2 is 1.12 bits per heavy atom. The molecular weight excluding hydrogens is 302 g/mol. The summed E-state index contributed by atoms with van der Waals surface area (Å²) in [6.07, 6.45) is 9.96. The molecule has 0 amide bonds. The molecule has 25 heavy (non-hydrogen) atoms. The fraction of sp³-hybridized carbons (Fsp3) is 1.00.